The highest BCUT2D eigenvalue weighted by Crippen LogP contribution is 2.04. The van der Waals surface area contributed by atoms with Gasteiger partial charge in [0.05, 0.1) is 5.56 Å². The van der Waals surface area contributed by atoms with Crippen LogP contribution in [0, 0.1) is 6.92 Å². The third-order valence-corrected chi connectivity index (χ3v) is 3.52. The first-order valence-corrected chi connectivity index (χ1v) is 7.23. The van der Waals surface area contributed by atoms with Crippen LogP contribution in [0.15, 0.2) is 47.3 Å². The Hall–Kier alpha value is -2.89. The molecule has 2 aromatic rings. The molecule has 0 bridgehead atoms. The number of nitrogens with one attached hydrogen (secondary N) is 1. The van der Waals surface area contributed by atoms with Gasteiger partial charge in [-0.3, -0.25) is 9.59 Å². The third kappa shape index (κ3) is 4.54. The summed E-state index contributed by atoms with van der Waals surface area (Å²) in [5.74, 6) is -1.15. The smallest absolute Gasteiger partial charge is 0.335 e. The first kappa shape index (κ1) is 16.5. The zero-order valence-corrected chi connectivity index (χ0v) is 12.8. The number of hydrogen-bond donors (Lipinski definition) is 2. The second-order valence-electron chi connectivity index (χ2n) is 5.19. The van der Waals surface area contributed by atoms with E-state index in [-0.39, 0.29) is 23.5 Å². The number of carbonyl (C=O) groups excluding carboxylic acids is 1. The van der Waals surface area contributed by atoms with E-state index < -0.39 is 5.97 Å². The first-order valence-electron chi connectivity index (χ1n) is 7.23. The van der Waals surface area contributed by atoms with Crippen molar-refractivity contribution in [2.75, 3.05) is 0 Å². The van der Waals surface area contributed by atoms with Gasteiger partial charge in [0.25, 0.3) is 5.56 Å². The number of hydrogen-bond acceptors (Lipinski definition) is 3. The Morgan fingerprint density at radius 3 is 2.43 bits per heavy atom. The van der Waals surface area contributed by atoms with Gasteiger partial charge in [-0.25, -0.2) is 4.79 Å². The van der Waals surface area contributed by atoms with E-state index >= 15 is 0 Å². The van der Waals surface area contributed by atoms with Crippen LogP contribution in [0.4, 0.5) is 0 Å². The minimum atomic E-state index is -0.982. The van der Waals surface area contributed by atoms with Gasteiger partial charge in [-0.2, -0.15) is 0 Å². The Labute approximate surface area is 133 Å². The standard InChI is InChI=1S/C17H18N2O4/c1-12-3-2-4-16(21)19(12)10-9-15(20)18-11-13-5-7-14(8-6-13)17(22)23/h2-8H,9-11H2,1H3,(H,18,20)(H,22,23). The summed E-state index contributed by atoms with van der Waals surface area (Å²) < 4.78 is 1.56. The monoisotopic (exact) mass is 314 g/mol. The van der Waals surface area contributed by atoms with Gasteiger partial charge in [0.1, 0.15) is 0 Å². The molecule has 0 spiro atoms. The molecule has 0 aliphatic heterocycles. The molecule has 2 rings (SSSR count). The third-order valence-electron chi connectivity index (χ3n) is 3.52. The van der Waals surface area contributed by atoms with Crippen molar-refractivity contribution in [3.63, 3.8) is 0 Å². The molecule has 0 unspecified atom stereocenters. The normalized spacial score (nSPS) is 10.3. The zero-order valence-electron chi connectivity index (χ0n) is 12.8. The number of aryl methyl sites for hydroxylation is 1. The number of carboxylic acids is 1. The zero-order chi connectivity index (χ0) is 16.8. The molecular weight excluding hydrogens is 296 g/mol. The van der Waals surface area contributed by atoms with Gasteiger partial charge in [0, 0.05) is 31.3 Å². The van der Waals surface area contributed by atoms with Crippen molar-refractivity contribution >= 4 is 11.9 Å². The van der Waals surface area contributed by atoms with Crippen LogP contribution < -0.4 is 10.9 Å². The number of carbonyl (C=O) groups is 2. The topological polar surface area (TPSA) is 88.4 Å². The van der Waals surface area contributed by atoms with Crippen LogP contribution in [0.5, 0.6) is 0 Å². The van der Waals surface area contributed by atoms with E-state index in [2.05, 4.69) is 5.32 Å². The van der Waals surface area contributed by atoms with Crippen LogP contribution >= 0.6 is 0 Å². The summed E-state index contributed by atoms with van der Waals surface area (Å²) in [5.41, 5.74) is 1.71. The van der Waals surface area contributed by atoms with Crippen LogP contribution in [0.25, 0.3) is 0 Å². The average molecular weight is 314 g/mol. The maximum absolute atomic E-state index is 11.9. The van der Waals surface area contributed by atoms with Gasteiger partial charge in [-0.1, -0.05) is 18.2 Å². The SMILES string of the molecule is Cc1cccc(=O)n1CCC(=O)NCc1ccc(C(=O)O)cc1. The molecule has 2 N–H and O–H groups in total. The minimum Gasteiger partial charge on any atom is -0.478 e. The van der Waals surface area contributed by atoms with Gasteiger partial charge < -0.3 is 15.0 Å². The Morgan fingerprint density at radius 2 is 1.83 bits per heavy atom. The van der Waals surface area contributed by atoms with Crippen LogP contribution in [0.2, 0.25) is 0 Å². The summed E-state index contributed by atoms with van der Waals surface area (Å²) in [6.45, 7) is 2.47. The highest BCUT2D eigenvalue weighted by molar-refractivity contribution is 5.87. The van der Waals surface area contributed by atoms with Gasteiger partial charge in [-0.05, 0) is 30.7 Å². The van der Waals surface area contributed by atoms with Crippen molar-refractivity contribution < 1.29 is 14.7 Å². The maximum Gasteiger partial charge on any atom is 0.335 e. The van der Waals surface area contributed by atoms with Gasteiger partial charge >= 0.3 is 5.97 Å². The van der Waals surface area contributed by atoms with Crippen molar-refractivity contribution in [2.45, 2.75) is 26.4 Å². The lowest BCUT2D eigenvalue weighted by Crippen LogP contribution is -2.27. The Kier molecular flexibility index (Phi) is 5.30. The number of aromatic nitrogens is 1. The second-order valence-corrected chi connectivity index (χ2v) is 5.19. The number of benzene rings is 1. The van der Waals surface area contributed by atoms with Crippen LogP contribution in [-0.4, -0.2) is 21.6 Å². The van der Waals surface area contributed by atoms with Gasteiger partial charge in [0.15, 0.2) is 0 Å². The van der Waals surface area contributed by atoms with Crippen molar-refractivity contribution in [1.82, 2.24) is 9.88 Å². The lowest BCUT2D eigenvalue weighted by molar-refractivity contribution is -0.121. The summed E-state index contributed by atoms with van der Waals surface area (Å²) in [6.07, 6.45) is 0.206. The molecule has 1 amide bonds. The van der Waals surface area contributed by atoms with Crippen molar-refractivity contribution in [3.05, 3.63) is 69.6 Å². The van der Waals surface area contributed by atoms with E-state index in [1.54, 1.807) is 22.8 Å². The predicted molar refractivity (Wildman–Crippen MR) is 85.3 cm³/mol. The van der Waals surface area contributed by atoms with Crippen LogP contribution in [0.3, 0.4) is 0 Å². The second kappa shape index (κ2) is 7.40. The number of pyridine rings is 1. The quantitative estimate of drug-likeness (QED) is 0.847. The Morgan fingerprint density at radius 1 is 1.13 bits per heavy atom. The lowest BCUT2D eigenvalue weighted by Gasteiger charge is -2.09. The summed E-state index contributed by atoms with van der Waals surface area (Å²) in [6, 6.07) is 11.3. The van der Waals surface area contributed by atoms with Crippen LogP contribution in [-0.2, 0) is 17.9 Å². The summed E-state index contributed by atoms with van der Waals surface area (Å²) in [4.78, 5) is 34.3. The van der Waals surface area contributed by atoms with E-state index in [9.17, 15) is 14.4 Å². The first-order chi connectivity index (χ1) is 11.0. The van der Waals surface area contributed by atoms with Gasteiger partial charge in [0.2, 0.25) is 5.91 Å². The molecule has 1 heterocycles. The number of amides is 1. The molecule has 0 saturated carbocycles. The minimum absolute atomic E-state index is 0.123. The predicted octanol–water partition coefficient (Wildman–Crippen LogP) is 1.56. The number of nitrogens with zero attached hydrogens (tertiary/aromatic N) is 1. The van der Waals surface area contributed by atoms with E-state index in [0.29, 0.717) is 13.1 Å². The molecule has 0 atom stereocenters. The molecular formula is C17H18N2O4. The fourth-order valence-electron chi connectivity index (χ4n) is 2.18. The summed E-state index contributed by atoms with van der Waals surface area (Å²) in [7, 11) is 0. The van der Waals surface area contributed by atoms with E-state index in [4.69, 9.17) is 5.11 Å². The molecule has 0 aliphatic carbocycles. The fraction of sp³-hybridized carbons (Fsp3) is 0.235. The largest absolute Gasteiger partial charge is 0.478 e. The Balaban J connectivity index is 1.86. The Bertz CT molecular complexity index is 763. The maximum atomic E-state index is 11.9. The molecule has 0 aliphatic rings. The number of carboxylic acid groups (broad SMARTS) is 1. The highest BCUT2D eigenvalue weighted by Gasteiger charge is 2.06. The highest BCUT2D eigenvalue weighted by atomic mass is 16.4. The molecule has 0 fully saturated rings. The van der Waals surface area contributed by atoms with Crippen molar-refractivity contribution in [1.29, 1.82) is 0 Å². The lowest BCUT2D eigenvalue weighted by atomic mass is 10.1. The fourth-order valence-corrected chi connectivity index (χ4v) is 2.18. The van der Waals surface area contributed by atoms with E-state index in [1.807, 2.05) is 13.0 Å². The molecule has 0 saturated heterocycles. The molecule has 120 valence electrons. The van der Waals surface area contributed by atoms with Crippen molar-refractivity contribution in [2.24, 2.45) is 0 Å². The van der Waals surface area contributed by atoms with Gasteiger partial charge in [-0.15, -0.1) is 0 Å². The molecule has 6 heteroatoms. The molecule has 6 nitrogen and oxygen atoms in total. The number of rotatable bonds is 6. The van der Waals surface area contributed by atoms with Crippen molar-refractivity contribution in [3.8, 4) is 0 Å². The molecule has 1 aromatic heterocycles. The molecule has 1 aromatic carbocycles. The van der Waals surface area contributed by atoms with E-state index in [1.165, 1.54) is 18.2 Å². The molecule has 0 radical (unpaired) electrons. The molecule has 23 heavy (non-hydrogen) atoms. The average Bonchev–Trinajstić information content (AvgIpc) is 2.53. The van der Waals surface area contributed by atoms with Crippen LogP contribution in [0.1, 0.15) is 28.0 Å². The number of aromatic carboxylic acids is 1. The van der Waals surface area contributed by atoms with E-state index in [0.717, 1.165) is 11.3 Å². The summed E-state index contributed by atoms with van der Waals surface area (Å²) >= 11 is 0. The summed E-state index contributed by atoms with van der Waals surface area (Å²) in [5, 5.41) is 11.6.